The SMILES string of the molecule is C=CC(=O)OCCC(=O)[O-].[K+]. The number of ether oxygens (including phenoxy) is 1. The summed E-state index contributed by atoms with van der Waals surface area (Å²) in [6, 6.07) is 0. The molecule has 0 aliphatic heterocycles. The van der Waals surface area contributed by atoms with Gasteiger partial charge in [0, 0.05) is 18.5 Å². The van der Waals surface area contributed by atoms with Gasteiger partial charge in [0.2, 0.25) is 0 Å². The molecule has 0 saturated carbocycles. The van der Waals surface area contributed by atoms with Gasteiger partial charge in [-0.05, 0) is 0 Å². The summed E-state index contributed by atoms with van der Waals surface area (Å²) in [6.07, 6.45) is 0.689. The number of hydrogen-bond acceptors (Lipinski definition) is 4. The Morgan fingerprint density at radius 2 is 2.09 bits per heavy atom. The van der Waals surface area contributed by atoms with E-state index in [2.05, 4.69) is 11.3 Å². The summed E-state index contributed by atoms with van der Waals surface area (Å²) in [4.78, 5) is 20.0. The van der Waals surface area contributed by atoms with Crippen LogP contribution >= 0.6 is 0 Å². The van der Waals surface area contributed by atoms with Crippen molar-refractivity contribution in [1.29, 1.82) is 0 Å². The summed E-state index contributed by atoms with van der Waals surface area (Å²) < 4.78 is 4.32. The second-order valence-electron chi connectivity index (χ2n) is 1.49. The third kappa shape index (κ3) is 10.3. The average Bonchev–Trinajstić information content (AvgIpc) is 1.87. The van der Waals surface area contributed by atoms with Gasteiger partial charge in [-0.25, -0.2) is 4.79 Å². The Kier molecular flexibility index (Phi) is 10.6. The smallest absolute Gasteiger partial charge is 0.550 e. The number of rotatable bonds is 4. The monoisotopic (exact) mass is 182 g/mol. The molecular formula is C6H7KO4. The molecular weight excluding hydrogens is 175 g/mol. The fourth-order valence-electron chi connectivity index (χ4n) is 0.294. The van der Waals surface area contributed by atoms with Gasteiger partial charge >= 0.3 is 57.4 Å². The molecule has 0 rings (SSSR count). The van der Waals surface area contributed by atoms with Crippen molar-refractivity contribution in [3.8, 4) is 0 Å². The Hall–Kier alpha value is 0.316. The molecule has 0 atom stereocenters. The molecule has 4 nitrogen and oxygen atoms in total. The number of carbonyl (C=O) groups excluding carboxylic acids is 2. The van der Waals surface area contributed by atoms with E-state index in [1.54, 1.807) is 0 Å². The van der Waals surface area contributed by atoms with E-state index < -0.39 is 11.9 Å². The van der Waals surface area contributed by atoms with Crippen molar-refractivity contribution >= 4 is 11.9 Å². The van der Waals surface area contributed by atoms with Gasteiger partial charge in [0.1, 0.15) is 0 Å². The van der Waals surface area contributed by atoms with Gasteiger partial charge in [0.25, 0.3) is 0 Å². The van der Waals surface area contributed by atoms with Crippen LogP contribution in [0.3, 0.4) is 0 Å². The van der Waals surface area contributed by atoms with Gasteiger partial charge in [-0.3, -0.25) is 0 Å². The third-order valence-electron chi connectivity index (χ3n) is 0.717. The van der Waals surface area contributed by atoms with Gasteiger partial charge in [-0.2, -0.15) is 0 Å². The second-order valence-corrected chi connectivity index (χ2v) is 1.49. The van der Waals surface area contributed by atoms with Gasteiger partial charge < -0.3 is 14.6 Å². The maximum atomic E-state index is 10.2. The molecule has 0 aromatic carbocycles. The van der Waals surface area contributed by atoms with Crippen molar-refractivity contribution in [3.05, 3.63) is 12.7 Å². The summed E-state index contributed by atoms with van der Waals surface area (Å²) in [6.45, 7) is 2.96. The molecule has 0 fully saturated rings. The normalized spacial score (nSPS) is 7.64. The molecule has 0 aromatic heterocycles. The number of aliphatic carboxylic acids is 1. The number of carbonyl (C=O) groups is 2. The zero-order valence-corrected chi connectivity index (χ0v) is 9.45. The fraction of sp³-hybridized carbons (Fsp3) is 0.333. The molecule has 0 bridgehead atoms. The van der Waals surface area contributed by atoms with E-state index in [0.717, 1.165) is 6.08 Å². The van der Waals surface area contributed by atoms with E-state index in [0.29, 0.717) is 0 Å². The predicted octanol–water partition coefficient (Wildman–Crippen LogP) is -4.14. The standard InChI is InChI=1S/C6H8O4.K/c1-2-6(9)10-4-3-5(7)8;/h2H,1,3-4H2,(H,7,8);/q;+1/p-1. The molecule has 0 saturated heterocycles. The van der Waals surface area contributed by atoms with Crippen LogP contribution in [0.5, 0.6) is 0 Å². The maximum absolute atomic E-state index is 10.2. The molecule has 0 unspecified atom stereocenters. The number of carboxylic acid groups (broad SMARTS) is 1. The van der Waals surface area contributed by atoms with Crippen LogP contribution in [0.1, 0.15) is 6.42 Å². The van der Waals surface area contributed by atoms with Gasteiger partial charge in [0.15, 0.2) is 0 Å². The van der Waals surface area contributed by atoms with E-state index in [4.69, 9.17) is 0 Å². The summed E-state index contributed by atoms with van der Waals surface area (Å²) >= 11 is 0. The minimum Gasteiger partial charge on any atom is -0.550 e. The average molecular weight is 182 g/mol. The van der Waals surface area contributed by atoms with Crippen molar-refractivity contribution in [2.45, 2.75) is 6.42 Å². The molecule has 0 radical (unpaired) electrons. The molecule has 11 heavy (non-hydrogen) atoms. The topological polar surface area (TPSA) is 66.4 Å². The van der Waals surface area contributed by atoms with Crippen LogP contribution in [-0.2, 0) is 14.3 Å². The van der Waals surface area contributed by atoms with Crippen LogP contribution < -0.4 is 56.5 Å². The Balaban J connectivity index is 0. The fourth-order valence-corrected chi connectivity index (χ4v) is 0.294. The molecule has 0 spiro atoms. The first-order valence-corrected chi connectivity index (χ1v) is 2.66. The van der Waals surface area contributed by atoms with E-state index in [9.17, 15) is 14.7 Å². The van der Waals surface area contributed by atoms with E-state index >= 15 is 0 Å². The van der Waals surface area contributed by atoms with Crippen molar-refractivity contribution < 1.29 is 70.8 Å². The summed E-state index contributed by atoms with van der Waals surface area (Å²) in [7, 11) is 0. The van der Waals surface area contributed by atoms with Crippen molar-refractivity contribution in [3.63, 3.8) is 0 Å². The quantitative estimate of drug-likeness (QED) is 0.251. The van der Waals surface area contributed by atoms with Crippen LogP contribution in [0.25, 0.3) is 0 Å². The second kappa shape index (κ2) is 8.41. The van der Waals surface area contributed by atoms with E-state index in [-0.39, 0.29) is 64.4 Å². The minimum atomic E-state index is -1.24. The van der Waals surface area contributed by atoms with Crippen LogP contribution in [0, 0.1) is 0 Å². The Labute approximate surface area is 107 Å². The van der Waals surface area contributed by atoms with Crippen LogP contribution in [0.4, 0.5) is 0 Å². The van der Waals surface area contributed by atoms with Crippen LogP contribution in [-0.4, -0.2) is 18.5 Å². The molecule has 0 aliphatic rings. The van der Waals surface area contributed by atoms with Gasteiger partial charge in [-0.15, -0.1) is 0 Å². The molecule has 56 valence electrons. The van der Waals surface area contributed by atoms with E-state index in [1.165, 1.54) is 0 Å². The summed E-state index contributed by atoms with van der Waals surface area (Å²) in [5.74, 6) is -1.86. The zero-order valence-electron chi connectivity index (χ0n) is 6.33. The van der Waals surface area contributed by atoms with E-state index in [1.807, 2.05) is 0 Å². The Morgan fingerprint density at radius 3 is 2.45 bits per heavy atom. The number of hydrogen-bond donors (Lipinski definition) is 0. The summed E-state index contributed by atoms with van der Waals surface area (Å²) in [5.41, 5.74) is 0. The van der Waals surface area contributed by atoms with Crippen LogP contribution in [0.2, 0.25) is 0 Å². The molecule has 0 amide bonds. The third-order valence-corrected chi connectivity index (χ3v) is 0.717. The molecule has 0 heterocycles. The van der Waals surface area contributed by atoms with Crippen molar-refractivity contribution in [1.82, 2.24) is 0 Å². The first kappa shape index (κ1) is 13.9. The van der Waals surface area contributed by atoms with Gasteiger partial charge in [0.05, 0.1) is 6.61 Å². The Morgan fingerprint density at radius 1 is 1.55 bits per heavy atom. The summed E-state index contributed by atoms with van der Waals surface area (Å²) in [5, 5.41) is 9.74. The Bertz CT molecular complexity index is 155. The largest absolute Gasteiger partial charge is 1.00 e. The maximum Gasteiger partial charge on any atom is 1.00 e. The molecule has 5 heteroatoms. The molecule has 0 aromatic rings. The minimum absolute atomic E-state index is 0. The van der Waals surface area contributed by atoms with Crippen LogP contribution in [0.15, 0.2) is 12.7 Å². The number of carboxylic acids is 1. The first-order valence-electron chi connectivity index (χ1n) is 2.66. The number of esters is 1. The van der Waals surface area contributed by atoms with Crippen molar-refractivity contribution in [2.24, 2.45) is 0 Å². The predicted molar refractivity (Wildman–Crippen MR) is 30.8 cm³/mol. The molecule has 0 aliphatic carbocycles. The van der Waals surface area contributed by atoms with Gasteiger partial charge in [-0.1, -0.05) is 6.58 Å². The van der Waals surface area contributed by atoms with Crippen molar-refractivity contribution in [2.75, 3.05) is 6.61 Å². The molecule has 0 N–H and O–H groups in total. The zero-order chi connectivity index (χ0) is 7.98. The first-order chi connectivity index (χ1) is 4.66.